The van der Waals surface area contributed by atoms with Gasteiger partial charge in [-0.25, -0.2) is 4.79 Å². The molecule has 140 valence electrons. The molecule has 0 unspecified atom stereocenters. The van der Waals surface area contributed by atoms with Crippen LogP contribution < -0.4 is 10.1 Å². The Morgan fingerprint density at radius 1 is 1.14 bits per heavy atom. The molecule has 0 atom stereocenters. The fraction of sp³-hybridized carbons (Fsp3) is 0.143. The third-order valence-corrected chi connectivity index (χ3v) is 3.60. The molecule has 0 heterocycles. The highest BCUT2D eigenvalue weighted by Crippen LogP contribution is 2.16. The molecular weight excluding hydrogens is 358 g/mol. The minimum absolute atomic E-state index is 0.234. The van der Waals surface area contributed by atoms with Crippen molar-refractivity contribution in [2.45, 2.75) is 6.42 Å². The predicted molar refractivity (Wildman–Crippen MR) is 102 cm³/mol. The minimum atomic E-state index is -0.898. The van der Waals surface area contributed by atoms with Gasteiger partial charge in [0.2, 0.25) is 0 Å². The number of esters is 1. The van der Waals surface area contributed by atoms with E-state index in [1.807, 2.05) is 6.07 Å². The van der Waals surface area contributed by atoms with Crippen LogP contribution in [0.5, 0.6) is 5.75 Å². The highest BCUT2D eigenvalue weighted by molar-refractivity contribution is 6.00. The summed E-state index contributed by atoms with van der Waals surface area (Å²) < 4.78 is 9.99. The van der Waals surface area contributed by atoms with Gasteiger partial charge in [-0.05, 0) is 41.5 Å². The lowest BCUT2D eigenvalue weighted by Crippen LogP contribution is -2.21. The molecule has 2 rings (SSSR count). The second-order valence-electron chi connectivity index (χ2n) is 5.60. The number of amides is 1. The molecular formula is C21H17N3O4. The van der Waals surface area contributed by atoms with Gasteiger partial charge in [0.1, 0.15) is 17.4 Å². The average molecular weight is 375 g/mol. The Balaban J connectivity index is 1.93. The topological polar surface area (TPSA) is 112 Å². The van der Waals surface area contributed by atoms with Gasteiger partial charge < -0.3 is 14.8 Å². The quantitative estimate of drug-likeness (QED) is 0.452. The first-order valence-electron chi connectivity index (χ1n) is 8.24. The smallest absolute Gasteiger partial charge is 0.349 e. The zero-order chi connectivity index (χ0) is 20.4. The van der Waals surface area contributed by atoms with Gasteiger partial charge >= 0.3 is 5.97 Å². The summed E-state index contributed by atoms with van der Waals surface area (Å²) in [5.74, 6) is -0.857. The first kappa shape index (κ1) is 20.2. The fourth-order valence-electron chi connectivity index (χ4n) is 2.24. The second-order valence-corrected chi connectivity index (χ2v) is 5.60. The van der Waals surface area contributed by atoms with E-state index in [0.29, 0.717) is 17.0 Å². The minimum Gasteiger partial charge on any atom is -0.497 e. The van der Waals surface area contributed by atoms with Crippen molar-refractivity contribution >= 4 is 23.6 Å². The summed E-state index contributed by atoms with van der Waals surface area (Å²) in [6.45, 7) is -0.532. The van der Waals surface area contributed by atoms with Crippen LogP contribution in [0.15, 0.2) is 54.1 Å². The van der Waals surface area contributed by atoms with Crippen LogP contribution in [-0.2, 0) is 20.7 Å². The van der Waals surface area contributed by atoms with E-state index in [0.717, 1.165) is 5.56 Å². The summed E-state index contributed by atoms with van der Waals surface area (Å²) >= 11 is 0. The van der Waals surface area contributed by atoms with Crippen LogP contribution in [0.25, 0.3) is 6.08 Å². The van der Waals surface area contributed by atoms with Crippen molar-refractivity contribution in [3.05, 3.63) is 65.2 Å². The van der Waals surface area contributed by atoms with Crippen molar-refractivity contribution in [2.24, 2.45) is 0 Å². The summed E-state index contributed by atoms with van der Waals surface area (Å²) in [6.07, 6.45) is 1.64. The van der Waals surface area contributed by atoms with E-state index in [4.69, 9.17) is 14.7 Å². The molecule has 1 N–H and O–H groups in total. The SMILES string of the molecule is COc1cccc(/C=C(\C#N)C(=O)OCC(=O)Nc2ccc(CC#N)cc2)c1. The van der Waals surface area contributed by atoms with Gasteiger partial charge in [-0.15, -0.1) is 0 Å². The van der Waals surface area contributed by atoms with Crippen LogP contribution in [-0.4, -0.2) is 25.6 Å². The molecule has 0 aliphatic heterocycles. The second kappa shape index (κ2) is 10.1. The highest BCUT2D eigenvalue weighted by atomic mass is 16.5. The number of ether oxygens (including phenoxy) is 2. The zero-order valence-electron chi connectivity index (χ0n) is 15.1. The van der Waals surface area contributed by atoms with E-state index in [2.05, 4.69) is 5.32 Å². The number of hydrogen-bond donors (Lipinski definition) is 1. The standard InChI is InChI=1S/C21H17N3O4/c1-27-19-4-2-3-16(12-19)11-17(13-23)21(26)28-14-20(25)24-18-7-5-15(6-8-18)9-10-22/h2-8,11-12H,9,14H2,1H3,(H,24,25)/b17-11+. The fourth-order valence-corrected chi connectivity index (χ4v) is 2.24. The number of nitrogens with one attached hydrogen (secondary N) is 1. The third-order valence-electron chi connectivity index (χ3n) is 3.60. The molecule has 0 aliphatic carbocycles. The molecule has 0 saturated carbocycles. The lowest BCUT2D eigenvalue weighted by atomic mass is 10.1. The summed E-state index contributed by atoms with van der Waals surface area (Å²) in [4.78, 5) is 24.0. The Hall–Kier alpha value is -4.10. The van der Waals surface area contributed by atoms with E-state index in [-0.39, 0.29) is 12.0 Å². The first-order valence-corrected chi connectivity index (χ1v) is 8.24. The molecule has 0 aliphatic rings. The Labute approximate surface area is 162 Å². The van der Waals surface area contributed by atoms with Gasteiger partial charge in [0.15, 0.2) is 6.61 Å². The van der Waals surface area contributed by atoms with Crippen LogP contribution >= 0.6 is 0 Å². The lowest BCUT2D eigenvalue weighted by molar-refractivity contribution is -0.142. The van der Waals surface area contributed by atoms with Gasteiger partial charge in [-0.1, -0.05) is 24.3 Å². The molecule has 0 radical (unpaired) electrons. The van der Waals surface area contributed by atoms with E-state index >= 15 is 0 Å². The predicted octanol–water partition coefficient (Wildman–Crippen LogP) is 2.85. The summed E-state index contributed by atoms with van der Waals surface area (Å²) in [5.41, 5.74) is 1.69. The van der Waals surface area contributed by atoms with Crippen LogP contribution in [0.2, 0.25) is 0 Å². The zero-order valence-corrected chi connectivity index (χ0v) is 15.1. The third kappa shape index (κ3) is 6.01. The van der Waals surface area contributed by atoms with Gasteiger partial charge in [0, 0.05) is 5.69 Å². The molecule has 7 heteroatoms. The maximum atomic E-state index is 12.1. The largest absolute Gasteiger partial charge is 0.497 e. The monoisotopic (exact) mass is 375 g/mol. The van der Waals surface area contributed by atoms with E-state index in [1.54, 1.807) is 54.6 Å². The molecule has 0 aromatic heterocycles. The van der Waals surface area contributed by atoms with Crippen LogP contribution in [0, 0.1) is 22.7 Å². The Morgan fingerprint density at radius 3 is 2.54 bits per heavy atom. The molecule has 0 fully saturated rings. The number of hydrogen-bond acceptors (Lipinski definition) is 6. The Morgan fingerprint density at radius 2 is 1.89 bits per heavy atom. The van der Waals surface area contributed by atoms with Crippen molar-refractivity contribution in [2.75, 3.05) is 19.0 Å². The van der Waals surface area contributed by atoms with Gasteiger partial charge in [0.05, 0.1) is 19.6 Å². The number of carbonyl (C=O) groups is 2. The number of nitrogens with zero attached hydrogens (tertiary/aromatic N) is 2. The van der Waals surface area contributed by atoms with Crippen LogP contribution in [0.1, 0.15) is 11.1 Å². The average Bonchev–Trinajstić information content (AvgIpc) is 2.72. The van der Waals surface area contributed by atoms with E-state index in [9.17, 15) is 14.9 Å². The lowest BCUT2D eigenvalue weighted by Gasteiger charge is -2.07. The first-order chi connectivity index (χ1) is 13.5. The maximum absolute atomic E-state index is 12.1. The van der Waals surface area contributed by atoms with Crippen molar-refractivity contribution in [1.82, 2.24) is 0 Å². The number of carbonyl (C=O) groups excluding carboxylic acids is 2. The molecule has 0 saturated heterocycles. The van der Waals surface area contributed by atoms with Gasteiger partial charge in [-0.2, -0.15) is 10.5 Å². The van der Waals surface area contributed by atoms with Crippen molar-refractivity contribution in [1.29, 1.82) is 10.5 Å². The number of anilines is 1. The van der Waals surface area contributed by atoms with Gasteiger partial charge in [-0.3, -0.25) is 4.79 Å². The van der Waals surface area contributed by atoms with E-state index in [1.165, 1.54) is 13.2 Å². The number of benzene rings is 2. The maximum Gasteiger partial charge on any atom is 0.349 e. The molecule has 28 heavy (non-hydrogen) atoms. The molecule has 2 aromatic carbocycles. The van der Waals surface area contributed by atoms with Crippen LogP contribution in [0.3, 0.4) is 0 Å². The van der Waals surface area contributed by atoms with Crippen molar-refractivity contribution in [3.63, 3.8) is 0 Å². The number of rotatable bonds is 7. The summed E-state index contributed by atoms with van der Waals surface area (Å²) in [6, 6.07) is 17.4. The highest BCUT2D eigenvalue weighted by Gasteiger charge is 2.13. The molecule has 1 amide bonds. The molecule has 7 nitrogen and oxygen atoms in total. The summed E-state index contributed by atoms with van der Waals surface area (Å²) in [5, 5.41) is 20.4. The molecule has 0 spiro atoms. The summed E-state index contributed by atoms with van der Waals surface area (Å²) in [7, 11) is 1.51. The molecule has 0 bridgehead atoms. The number of methoxy groups -OCH3 is 1. The molecule has 2 aromatic rings. The number of nitriles is 2. The van der Waals surface area contributed by atoms with Crippen molar-refractivity contribution in [3.8, 4) is 17.9 Å². The Kier molecular flexibility index (Phi) is 7.33. The van der Waals surface area contributed by atoms with Gasteiger partial charge in [0.25, 0.3) is 5.91 Å². The van der Waals surface area contributed by atoms with Crippen LogP contribution in [0.4, 0.5) is 5.69 Å². The Bertz CT molecular complexity index is 966. The van der Waals surface area contributed by atoms with Crippen molar-refractivity contribution < 1.29 is 19.1 Å². The normalized spacial score (nSPS) is 10.3. The van der Waals surface area contributed by atoms with E-state index < -0.39 is 18.5 Å².